The van der Waals surface area contributed by atoms with Gasteiger partial charge in [-0.1, -0.05) is 30.3 Å². The van der Waals surface area contributed by atoms with Crippen LogP contribution in [-0.4, -0.2) is 9.97 Å². The van der Waals surface area contributed by atoms with Crippen LogP contribution >= 0.6 is 11.3 Å². The lowest BCUT2D eigenvalue weighted by Gasteiger charge is -2.09. The maximum absolute atomic E-state index is 4.38. The average molecular weight is 292 g/mol. The van der Waals surface area contributed by atoms with Gasteiger partial charge in [0.15, 0.2) is 5.69 Å². The standard InChI is InChI=1S/C17H14N3S/c1-11-13-6-4-3-5-12(13)7-8-14(11)15-16-17(19-10-21-16)18-9-20(15)2/h3-10H,1-2H3/q+1. The molecule has 0 aliphatic rings. The molecule has 0 bridgehead atoms. The van der Waals surface area contributed by atoms with Crippen molar-refractivity contribution in [1.82, 2.24) is 9.97 Å². The van der Waals surface area contributed by atoms with Crippen LogP contribution < -0.4 is 4.57 Å². The van der Waals surface area contributed by atoms with Crippen molar-refractivity contribution >= 4 is 32.5 Å². The minimum absolute atomic E-state index is 0.820. The van der Waals surface area contributed by atoms with Gasteiger partial charge in [-0.15, -0.1) is 11.3 Å². The summed E-state index contributed by atoms with van der Waals surface area (Å²) in [7, 11) is 2.04. The molecule has 4 heteroatoms. The van der Waals surface area contributed by atoms with E-state index in [2.05, 4.69) is 57.9 Å². The largest absolute Gasteiger partial charge is 0.289 e. The van der Waals surface area contributed by atoms with E-state index in [-0.39, 0.29) is 0 Å². The molecule has 0 radical (unpaired) electrons. The second-order valence-electron chi connectivity index (χ2n) is 5.17. The Morgan fingerprint density at radius 1 is 1.05 bits per heavy atom. The number of thiazole rings is 1. The molecule has 0 amide bonds. The molecule has 4 aromatic rings. The topological polar surface area (TPSA) is 29.7 Å². The van der Waals surface area contributed by atoms with Gasteiger partial charge in [0.2, 0.25) is 0 Å². The third-order valence-electron chi connectivity index (χ3n) is 3.92. The number of hydrogen-bond acceptors (Lipinski definition) is 3. The van der Waals surface area contributed by atoms with Crippen LogP contribution in [0.4, 0.5) is 0 Å². The van der Waals surface area contributed by atoms with Crippen molar-refractivity contribution in [1.29, 1.82) is 0 Å². The molecule has 2 aromatic carbocycles. The quantitative estimate of drug-likeness (QED) is 0.501. The van der Waals surface area contributed by atoms with Crippen LogP contribution in [0.1, 0.15) is 5.56 Å². The molecular formula is C17H14N3S+. The first-order valence-corrected chi connectivity index (χ1v) is 7.70. The fourth-order valence-electron chi connectivity index (χ4n) is 2.85. The van der Waals surface area contributed by atoms with E-state index in [0.717, 1.165) is 10.3 Å². The molecule has 0 atom stereocenters. The minimum Gasteiger partial charge on any atom is -0.231 e. The molecule has 4 rings (SSSR count). The Labute approximate surface area is 126 Å². The van der Waals surface area contributed by atoms with Crippen LogP contribution in [0.2, 0.25) is 0 Å². The Morgan fingerprint density at radius 2 is 1.90 bits per heavy atom. The van der Waals surface area contributed by atoms with E-state index in [1.54, 1.807) is 11.3 Å². The fourth-order valence-corrected chi connectivity index (χ4v) is 3.68. The highest BCUT2D eigenvalue weighted by Gasteiger charge is 2.19. The summed E-state index contributed by atoms with van der Waals surface area (Å²) in [6, 6.07) is 12.9. The molecule has 0 aliphatic carbocycles. The van der Waals surface area contributed by atoms with Crippen LogP contribution in [0.15, 0.2) is 48.2 Å². The van der Waals surface area contributed by atoms with Gasteiger partial charge in [-0.3, -0.25) is 0 Å². The van der Waals surface area contributed by atoms with Crippen molar-refractivity contribution in [2.45, 2.75) is 6.92 Å². The monoisotopic (exact) mass is 292 g/mol. The van der Waals surface area contributed by atoms with Gasteiger partial charge in [0.25, 0.3) is 12.0 Å². The fraction of sp³-hybridized carbons (Fsp3) is 0.118. The van der Waals surface area contributed by atoms with Gasteiger partial charge in [0.1, 0.15) is 4.70 Å². The highest BCUT2D eigenvalue weighted by Crippen LogP contribution is 2.32. The van der Waals surface area contributed by atoms with E-state index in [1.807, 2.05) is 18.9 Å². The zero-order valence-electron chi connectivity index (χ0n) is 11.9. The minimum atomic E-state index is 0.820. The van der Waals surface area contributed by atoms with Gasteiger partial charge < -0.3 is 0 Å². The summed E-state index contributed by atoms with van der Waals surface area (Å²) in [5.74, 6) is 0. The second kappa shape index (κ2) is 4.60. The third-order valence-corrected chi connectivity index (χ3v) is 4.75. The average Bonchev–Trinajstić information content (AvgIpc) is 2.97. The predicted molar refractivity (Wildman–Crippen MR) is 86.3 cm³/mol. The van der Waals surface area contributed by atoms with E-state index in [1.165, 1.54) is 27.6 Å². The molecule has 0 saturated heterocycles. The van der Waals surface area contributed by atoms with Gasteiger partial charge >= 0.3 is 0 Å². The van der Waals surface area contributed by atoms with Crippen LogP contribution in [-0.2, 0) is 7.05 Å². The first kappa shape index (κ1) is 12.4. The van der Waals surface area contributed by atoms with Crippen LogP contribution in [0.3, 0.4) is 0 Å². The van der Waals surface area contributed by atoms with Gasteiger partial charge in [-0.2, -0.15) is 0 Å². The number of aryl methyl sites for hydroxylation is 2. The zero-order valence-corrected chi connectivity index (χ0v) is 12.7. The first-order chi connectivity index (χ1) is 10.3. The van der Waals surface area contributed by atoms with Crippen molar-refractivity contribution in [3.05, 3.63) is 53.8 Å². The Hall–Kier alpha value is -2.33. The normalized spacial score (nSPS) is 11.3. The molecule has 0 unspecified atom stereocenters. The maximum atomic E-state index is 4.38. The van der Waals surface area contributed by atoms with Gasteiger partial charge in [0, 0.05) is 5.56 Å². The summed E-state index contributed by atoms with van der Waals surface area (Å²) in [6.07, 6.45) is 1.84. The molecular weight excluding hydrogens is 278 g/mol. The van der Waals surface area contributed by atoms with Crippen molar-refractivity contribution in [2.75, 3.05) is 0 Å². The van der Waals surface area contributed by atoms with Crippen molar-refractivity contribution in [3.8, 4) is 11.3 Å². The lowest BCUT2D eigenvalue weighted by atomic mass is 9.98. The van der Waals surface area contributed by atoms with Crippen LogP contribution in [0.25, 0.3) is 32.4 Å². The summed E-state index contributed by atoms with van der Waals surface area (Å²) in [5.41, 5.74) is 6.40. The second-order valence-corrected chi connectivity index (χ2v) is 6.02. The van der Waals surface area contributed by atoms with Crippen LogP contribution in [0.5, 0.6) is 0 Å². The molecule has 3 nitrogen and oxygen atoms in total. The number of rotatable bonds is 1. The van der Waals surface area contributed by atoms with E-state index in [4.69, 9.17) is 0 Å². The molecule has 2 heterocycles. The number of benzene rings is 2. The van der Waals surface area contributed by atoms with Gasteiger partial charge in [0.05, 0.1) is 12.6 Å². The lowest BCUT2D eigenvalue weighted by molar-refractivity contribution is -0.662. The third kappa shape index (κ3) is 1.83. The maximum Gasteiger partial charge on any atom is 0.289 e. The highest BCUT2D eigenvalue weighted by atomic mass is 32.1. The SMILES string of the molecule is Cc1c(-c2c3scnc3nc[n+]2C)ccc2ccccc12. The Bertz CT molecular complexity index is 972. The van der Waals surface area contributed by atoms with E-state index < -0.39 is 0 Å². The Balaban J connectivity index is 2.11. The Morgan fingerprint density at radius 3 is 2.81 bits per heavy atom. The van der Waals surface area contributed by atoms with Crippen LogP contribution in [0, 0.1) is 6.92 Å². The molecule has 0 saturated carbocycles. The smallest absolute Gasteiger partial charge is 0.231 e. The summed E-state index contributed by atoms with van der Waals surface area (Å²) in [6.45, 7) is 2.19. The van der Waals surface area contributed by atoms with E-state index >= 15 is 0 Å². The van der Waals surface area contributed by atoms with E-state index in [0.29, 0.717) is 0 Å². The van der Waals surface area contributed by atoms with Crippen molar-refractivity contribution in [2.24, 2.45) is 7.05 Å². The summed E-state index contributed by atoms with van der Waals surface area (Å²) >= 11 is 1.64. The lowest BCUT2D eigenvalue weighted by Crippen LogP contribution is -2.31. The molecule has 0 spiro atoms. The molecule has 0 N–H and O–H groups in total. The summed E-state index contributed by atoms with van der Waals surface area (Å²) in [4.78, 5) is 8.71. The molecule has 0 fully saturated rings. The number of aromatic nitrogens is 3. The number of hydrogen-bond donors (Lipinski definition) is 0. The van der Waals surface area contributed by atoms with Crippen molar-refractivity contribution < 1.29 is 4.57 Å². The van der Waals surface area contributed by atoms with E-state index in [9.17, 15) is 0 Å². The number of nitrogens with zero attached hydrogens (tertiary/aromatic N) is 3. The zero-order chi connectivity index (χ0) is 14.4. The van der Waals surface area contributed by atoms with Crippen molar-refractivity contribution in [3.63, 3.8) is 0 Å². The number of fused-ring (bicyclic) bond motifs is 2. The predicted octanol–water partition coefficient (Wildman–Crippen LogP) is 3.64. The molecule has 0 aliphatic heterocycles. The van der Waals surface area contributed by atoms with Gasteiger partial charge in [-0.05, 0) is 34.3 Å². The first-order valence-electron chi connectivity index (χ1n) is 6.82. The molecule has 21 heavy (non-hydrogen) atoms. The Kier molecular flexibility index (Phi) is 2.72. The highest BCUT2D eigenvalue weighted by molar-refractivity contribution is 7.17. The summed E-state index contributed by atoms with van der Waals surface area (Å²) < 4.78 is 3.22. The summed E-state index contributed by atoms with van der Waals surface area (Å²) in [5, 5.41) is 2.57. The molecule has 2 aromatic heterocycles. The molecule has 102 valence electrons. The van der Waals surface area contributed by atoms with Gasteiger partial charge in [-0.25, -0.2) is 9.55 Å².